The lowest BCUT2D eigenvalue weighted by molar-refractivity contribution is 0.260. The monoisotopic (exact) mass is 263 g/mol. The number of nitrogens with two attached hydrogens (primary N) is 1. The number of aliphatic imine (C=N–C) groups is 1. The minimum Gasteiger partial charge on any atom is -0.493 e. The molecule has 1 aliphatic rings. The molecule has 1 aromatic carbocycles. The molecule has 104 valence electrons. The van der Waals surface area contributed by atoms with Crippen LogP contribution in [0.5, 0.6) is 11.5 Å². The highest BCUT2D eigenvalue weighted by Gasteiger charge is 2.35. The van der Waals surface area contributed by atoms with Gasteiger partial charge in [-0.25, -0.2) is 0 Å². The van der Waals surface area contributed by atoms with Crippen LogP contribution in [0.1, 0.15) is 12.5 Å². The molecule has 0 aromatic heterocycles. The molecule has 0 fully saturated rings. The third kappa shape index (κ3) is 2.45. The van der Waals surface area contributed by atoms with Crippen LogP contribution in [-0.2, 0) is 6.42 Å². The summed E-state index contributed by atoms with van der Waals surface area (Å²) in [6.45, 7) is 2.87. The third-order valence-corrected chi connectivity index (χ3v) is 3.77. The second-order valence-corrected chi connectivity index (χ2v) is 5.10. The highest BCUT2D eigenvalue weighted by atomic mass is 16.5. The van der Waals surface area contributed by atoms with E-state index in [0.717, 1.165) is 17.9 Å². The van der Waals surface area contributed by atoms with E-state index in [9.17, 15) is 0 Å². The zero-order valence-corrected chi connectivity index (χ0v) is 11.9. The number of hydrogen-bond acceptors (Lipinski definition) is 5. The molecule has 0 aliphatic carbocycles. The summed E-state index contributed by atoms with van der Waals surface area (Å²) in [5, 5.41) is 0. The maximum Gasteiger partial charge on any atom is 0.191 e. The molecule has 0 amide bonds. The first-order chi connectivity index (χ1) is 9.00. The first-order valence-electron chi connectivity index (χ1n) is 6.25. The highest BCUT2D eigenvalue weighted by molar-refractivity contribution is 5.80. The lowest BCUT2D eigenvalue weighted by Gasteiger charge is -2.33. The predicted octanol–water partition coefficient (Wildman–Crippen LogP) is 1.27. The fraction of sp³-hybridized carbons (Fsp3) is 0.500. The maximum absolute atomic E-state index is 5.84. The summed E-state index contributed by atoms with van der Waals surface area (Å²) in [5.74, 6) is 2.09. The zero-order chi connectivity index (χ0) is 14.0. The molecule has 5 heteroatoms. The van der Waals surface area contributed by atoms with E-state index >= 15 is 0 Å². The number of benzene rings is 1. The van der Waals surface area contributed by atoms with Crippen molar-refractivity contribution >= 4 is 5.96 Å². The molecule has 0 saturated carbocycles. The Kier molecular flexibility index (Phi) is 3.55. The molecule has 0 spiro atoms. The van der Waals surface area contributed by atoms with E-state index in [-0.39, 0.29) is 5.54 Å². The SMILES string of the molecule is COc1ccc(CC2(C)CN=C(N)N2C)cc1OC. The Morgan fingerprint density at radius 1 is 1.32 bits per heavy atom. The van der Waals surface area contributed by atoms with Gasteiger partial charge in [0.25, 0.3) is 0 Å². The summed E-state index contributed by atoms with van der Waals surface area (Å²) in [6, 6.07) is 5.98. The van der Waals surface area contributed by atoms with Crippen LogP contribution < -0.4 is 15.2 Å². The van der Waals surface area contributed by atoms with Gasteiger partial charge < -0.3 is 20.1 Å². The number of methoxy groups -OCH3 is 2. The second-order valence-electron chi connectivity index (χ2n) is 5.10. The molecular weight excluding hydrogens is 242 g/mol. The van der Waals surface area contributed by atoms with E-state index in [4.69, 9.17) is 15.2 Å². The van der Waals surface area contributed by atoms with Crippen molar-refractivity contribution in [3.8, 4) is 11.5 Å². The normalized spacial score (nSPS) is 22.3. The van der Waals surface area contributed by atoms with Gasteiger partial charge >= 0.3 is 0 Å². The van der Waals surface area contributed by atoms with Crippen LogP contribution in [0.2, 0.25) is 0 Å². The van der Waals surface area contributed by atoms with Crippen molar-refractivity contribution < 1.29 is 9.47 Å². The van der Waals surface area contributed by atoms with Gasteiger partial charge in [-0.2, -0.15) is 0 Å². The summed E-state index contributed by atoms with van der Waals surface area (Å²) in [7, 11) is 5.26. The predicted molar refractivity (Wildman–Crippen MR) is 75.9 cm³/mol. The van der Waals surface area contributed by atoms with Gasteiger partial charge in [0, 0.05) is 7.05 Å². The number of guanidine groups is 1. The number of nitrogens with zero attached hydrogens (tertiary/aromatic N) is 2. The van der Waals surface area contributed by atoms with Crippen LogP contribution >= 0.6 is 0 Å². The molecule has 2 N–H and O–H groups in total. The van der Waals surface area contributed by atoms with Crippen molar-refractivity contribution in [3.63, 3.8) is 0 Å². The lowest BCUT2D eigenvalue weighted by Crippen LogP contribution is -2.48. The molecule has 1 atom stereocenters. The van der Waals surface area contributed by atoms with Crippen LogP contribution in [0.3, 0.4) is 0 Å². The highest BCUT2D eigenvalue weighted by Crippen LogP contribution is 2.31. The van der Waals surface area contributed by atoms with Crippen LogP contribution in [0.25, 0.3) is 0 Å². The Bertz CT molecular complexity index is 501. The summed E-state index contributed by atoms with van der Waals surface area (Å²) in [6.07, 6.45) is 0.855. The fourth-order valence-corrected chi connectivity index (χ4v) is 2.34. The summed E-state index contributed by atoms with van der Waals surface area (Å²) in [4.78, 5) is 6.34. The Morgan fingerprint density at radius 2 is 2.00 bits per heavy atom. The van der Waals surface area contributed by atoms with E-state index < -0.39 is 0 Å². The Labute approximate surface area is 114 Å². The molecule has 1 heterocycles. The molecule has 1 aromatic rings. The molecule has 1 unspecified atom stereocenters. The van der Waals surface area contributed by atoms with Crippen molar-refractivity contribution in [2.75, 3.05) is 27.8 Å². The van der Waals surface area contributed by atoms with Crippen LogP contribution in [-0.4, -0.2) is 44.2 Å². The molecule has 0 radical (unpaired) electrons. The minimum absolute atomic E-state index is 0.0797. The van der Waals surface area contributed by atoms with E-state index in [1.807, 2.05) is 24.1 Å². The zero-order valence-electron chi connectivity index (χ0n) is 11.9. The van der Waals surface area contributed by atoms with Gasteiger partial charge in [0.1, 0.15) is 0 Å². The summed E-state index contributed by atoms with van der Waals surface area (Å²) < 4.78 is 10.6. The fourth-order valence-electron chi connectivity index (χ4n) is 2.34. The van der Waals surface area contributed by atoms with Gasteiger partial charge in [-0.15, -0.1) is 0 Å². The van der Waals surface area contributed by atoms with Crippen LogP contribution in [0.4, 0.5) is 0 Å². The lowest BCUT2D eigenvalue weighted by atomic mass is 9.92. The van der Waals surface area contributed by atoms with Gasteiger partial charge in [-0.05, 0) is 31.0 Å². The van der Waals surface area contributed by atoms with Crippen molar-refractivity contribution in [1.29, 1.82) is 0 Å². The van der Waals surface area contributed by atoms with Gasteiger partial charge in [-0.3, -0.25) is 4.99 Å². The number of hydrogen-bond donors (Lipinski definition) is 1. The van der Waals surface area contributed by atoms with Crippen molar-refractivity contribution in [1.82, 2.24) is 4.90 Å². The van der Waals surface area contributed by atoms with Gasteiger partial charge in [-0.1, -0.05) is 6.07 Å². The van der Waals surface area contributed by atoms with Crippen LogP contribution in [0, 0.1) is 0 Å². The first kappa shape index (κ1) is 13.5. The van der Waals surface area contributed by atoms with Crippen molar-refractivity contribution in [2.24, 2.45) is 10.7 Å². The number of likely N-dealkylation sites (N-methyl/N-ethyl adjacent to an activating group) is 1. The average Bonchev–Trinajstić information content (AvgIpc) is 2.66. The van der Waals surface area contributed by atoms with Crippen LogP contribution in [0.15, 0.2) is 23.2 Å². The summed E-state index contributed by atoms with van der Waals surface area (Å²) in [5.41, 5.74) is 6.94. The standard InChI is InChI=1S/C14H21N3O2/c1-14(9-16-13(15)17(14)2)8-10-5-6-11(18-3)12(7-10)19-4/h5-7H,8-9H2,1-4H3,(H2,15,16). The van der Waals surface area contributed by atoms with Crippen molar-refractivity contribution in [2.45, 2.75) is 18.9 Å². The van der Waals surface area contributed by atoms with E-state index in [2.05, 4.69) is 18.0 Å². The first-order valence-corrected chi connectivity index (χ1v) is 6.25. The third-order valence-electron chi connectivity index (χ3n) is 3.77. The van der Waals surface area contributed by atoms with Gasteiger partial charge in [0.05, 0.1) is 26.3 Å². The van der Waals surface area contributed by atoms with Crippen molar-refractivity contribution in [3.05, 3.63) is 23.8 Å². The molecule has 0 bridgehead atoms. The van der Waals surface area contributed by atoms with E-state index in [0.29, 0.717) is 12.5 Å². The molecule has 19 heavy (non-hydrogen) atoms. The average molecular weight is 263 g/mol. The minimum atomic E-state index is -0.0797. The molecule has 2 rings (SSSR count). The molecular formula is C14H21N3O2. The topological polar surface area (TPSA) is 60.1 Å². The molecule has 0 saturated heterocycles. The Hall–Kier alpha value is -1.91. The van der Waals surface area contributed by atoms with E-state index in [1.165, 1.54) is 5.56 Å². The smallest absolute Gasteiger partial charge is 0.191 e. The maximum atomic E-state index is 5.84. The Balaban J connectivity index is 2.20. The number of rotatable bonds is 4. The summed E-state index contributed by atoms with van der Waals surface area (Å²) >= 11 is 0. The number of ether oxygens (including phenoxy) is 2. The largest absolute Gasteiger partial charge is 0.493 e. The Morgan fingerprint density at radius 3 is 2.53 bits per heavy atom. The quantitative estimate of drug-likeness (QED) is 0.888. The van der Waals surface area contributed by atoms with Gasteiger partial charge in [0.2, 0.25) is 0 Å². The molecule has 1 aliphatic heterocycles. The van der Waals surface area contributed by atoms with E-state index in [1.54, 1.807) is 14.2 Å². The molecule has 5 nitrogen and oxygen atoms in total. The second kappa shape index (κ2) is 4.99. The van der Waals surface area contributed by atoms with Gasteiger partial charge in [0.15, 0.2) is 17.5 Å².